The van der Waals surface area contributed by atoms with E-state index < -0.39 is 0 Å². The maximum absolute atomic E-state index is 12.0. The van der Waals surface area contributed by atoms with Crippen LogP contribution in [0.3, 0.4) is 0 Å². The summed E-state index contributed by atoms with van der Waals surface area (Å²) in [5.74, 6) is -0.106. The second-order valence-corrected chi connectivity index (χ2v) is 7.51. The zero-order valence-corrected chi connectivity index (χ0v) is 15.0. The zero-order valence-electron chi connectivity index (χ0n) is 13.3. The van der Waals surface area contributed by atoms with Crippen LogP contribution in [-0.2, 0) is 9.53 Å². The van der Waals surface area contributed by atoms with Gasteiger partial charge in [0.2, 0.25) is 5.91 Å². The van der Waals surface area contributed by atoms with E-state index in [1.54, 1.807) is 30.2 Å². The minimum atomic E-state index is -0.259. The normalized spacial score (nSPS) is 12.2. The van der Waals surface area contributed by atoms with Crippen molar-refractivity contribution in [1.29, 1.82) is 0 Å². The van der Waals surface area contributed by atoms with Crippen molar-refractivity contribution in [3.8, 4) is 0 Å². The Bertz CT molecular complexity index is 671. The van der Waals surface area contributed by atoms with Gasteiger partial charge in [-0.3, -0.25) is 4.79 Å². The van der Waals surface area contributed by atoms with E-state index in [4.69, 9.17) is 10.5 Å². The Kier molecular flexibility index (Phi) is 6.52. The first-order valence-corrected chi connectivity index (χ1v) is 8.76. The van der Waals surface area contributed by atoms with Crippen LogP contribution in [0.1, 0.15) is 17.0 Å². The molecule has 0 aliphatic heterocycles. The molecular weight excluding hydrogens is 332 g/mol. The van der Waals surface area contributed by atoms with Gasteiger partial charge < -0.3 is 15.8 Å². The van der Waals surface area contributed by atoms with Gasteiger partial charge in [0.1, 0.15) is 5.01 Å². The Morgan fingerprint density at radius 1 is 1.43 bits per heavy atom. The van der Waals surface area contributed by atoms with E-state index in [2.05, 4.69) is 15.5 Å². The number of carbonyl (C=O) groups is 1. The third-order valence-electron chi connectivity index (χ3n) is 3.19. The number of hydrogen-bond donors (Lipinski definition) is 2. The summed E-state index contributed by atoms with van der Waals surface area (Å²) in [6, 6.07) is 5.88. The van der Waals surface area contributed by atoms with Gasteiger partial charge in [0, 0.05) is 24.2 Å². The molecule has 0 saturated carbocycles. The standard InChI is InChI=1S/C15H20N4O2S2/c1-9-6-12(23-15-19-18-10(2)22-15)4-5-13(9)17-14(20)7-11(8-16)21-3/h4-6,11H,7-8,16H2,1-3H3,(H,17,20). The molecule has 0 spiro atoms. The Balaban J connectivity index is 2.00. The summed E-state index contributed by atoms with van der Waals surface area (Å²) in [4.78, 5) is 13.1. The lowest BCUT2D eigenvalue weighted by molar-refractivity contribution is -0.118. The second kappa shape index (κ2) is 8.39. The number of nitrogens with one attached hydrogen (secondary N) is 1. The van der Waals surface area contributed by atoms with Crippen molar-refractivity contribution in [1.82, 2.24) is 10.2 Å². The van der Waals surface area contributed by atoms with Gasteiger partial charge in [0.15, 0.2) is 4.34 Å². The van der Waals surface area contributed by atoms with Gasteiger partial charge in [0.25, 0.3) is 0 Å². The predicted molar refractivity (Wildman–Crippen MR) is 93.0 cm³/mol. The molecule has 0 aliphatic carbocycles. The SMILES string of the molecule is COC(CN)CC(=O)Nc1ccc(Sc2nnc(C)s2)cc1C. The quantitative estimate of drug-likeness (QED) is 0.796. The van der Waals surface area contributed by atoms with Crippen LogP contribution in [0.2, 0.25) is 0 Å². The van der Waals surface area contributed by atoms with Crippen molar-refractivity contribution >= 4 is 34.7 Å². The van der Waals surface area contributed by atoms with Crippen LogP contribution in [0.4, 0.5) is 5.69 Å². The molecule has 0 fully saturated rings. The first-order chi connectivity index (χ1) is 11.0. The maximum Gasteiger partial charge on any atom is 0.227 e. The van der Waals surface area contributed by atoms with Gasteiger partial charge in [-0.05, 0) is 37.6 Å². The monoisotopic (exact) mass is 352 g/mol. The van der Waals surface area contributed by atoms with Crippen LogP contribution in [0.5, 0.6) is 0 Å². The summed E-state index contributed by atoms with van der Waals surface area (Å²) in [5, 5.41) is 11.9. The largest absolute Gasteiger partial charge is 0.380 e. The van der Waals surface area contributed by atoms with Crippen molar-refractivity contribution in [3.63, 3.8) is 0 Å². The number of rotatable bonds is 7. The van der Waals surface area contributed by atoms with Crippen LogP contribution < -0.4 is 11.1 Å². The molecule has 8 heteroatoms. The summed E-state index contributed by atoms with van der Waals surface area (Å²) >= 11 is 3.12. The number of hydrogen-bond acceptors (Lipinski definition) is 7. The fourth-order valence-corrected chi connectivity index (χ4v) is 3.82. The first kappa shape index (κ1) is 17.9. The van der Waals surface area contributed by atoms with Gasteiger partial charge in [0.05, 0.1) is 12.5 Å². The van der Waals surface area contributed by atoms with Crippen LogP contribution in [-0.4, -0.2) is 35.9 Å². The van der Waals surface area contributed by atoms with Gasteiger partial charge in [-0.15, -0.1) is 10.2 Å². The lowest BCUT2D eigenvalue weighted by Gasteiger charge is -2.14. The molecule has 1 heterocycles. The number of nitrogens with zero attached hydrogens (tertiary/aromatic N) is 2. The van der Waals surface area contributed by atoms with E-state index in [0.717, 1.165) is 25.5 Å². The third kappa shape index (κ3) is 5.28. The molecule has 1 aromatic carbocycles. The number of aromatic nitrogens is 2. The lowest BCUT2D eigenvalue weighted by Crippen LogP contribution is -2.28. The number of anilines is 1. The van der Waals surface area contributed by atoms with E-state index in [-0.39, 0.29) is 18.4 Å². The Morgan fingerprint density at radius 3 is 2.78 bits per heavy atom. The van der Waals surface area contributed by atoms with Crippen molar-refractivity contribution in [2.24, 2.45) is 5.73 Å². The number of nitrogens with two attached hydrogens (primary N) is 1. The fraction of sp³-hybridized carbons (Fsp3) is 0.400. The average Bonchev–Trinajstić information content (AvgIpc) is 2.92. The molecule has 6 nitrogen and oxygen atoms in total. The number of amides is 1. The molecule has 0 radical (unpaired) electrons. The molecule has 1 unspecified atom stereocenters. The zero-order chi connectivity index (χ0) is 16.8. The summed E-state index contributed by atoms with van der Waals surface area (Å²) in [6.07, 6.45) is -0.0155. The van der Waals surface area contributed by atoms with E-state index in [1.165, 1.54) is 0 Å². The highest BCUT2D eigenvalue weighted by Gasteiger charge is 2.13. The molecule has 1 atom stereocenters. The number of ether oxygens (including phenoxy) is 1. The number of carbonyl (C=O) groups excluding carboxylic acids is 1. The van der Waals surface area contributed by atoms with Gasteiger partial charge in [-0.2, -0.15) is 0 Å². The lowest BCUT2D eigenvalue weighted by atomic mass is 10.2. The highest BCUT2D eigenvalue weighted by molar-refractivity contribution is 8.01. The van der Waals surface area contributed by atoms with Gasteiger partial charge >= 0.3 is 0 Å². The molecule has 1 aromatic heterocycles. The summed E-state index contributed by atoms with van der Waals surface area (Å²) in [5.41, 5.74) is 7.32. The van der Waals surface area contributed by atoms with Crippen molar-refractivity contribution < 1.29 is 9.53 Å². The Morgan fingerprint density at radius 2 is 2.22 bits per heavy atom. The Hall–Kier alpha value is -1.48. The van der Waals surface area contributed by atoms with E-state index >= 15 is 0 Å². The highest BCUT2D eigenvalue weighted by Crippen LogP contribution is 2.32. The van der Waals surface area contributed by atoms with Crippen LogP contribution in [0.25, 0.3) is 0 Å². The van der Waals surface area contributed by atoms with Gasteiger partial charge in [-0.25, -0.2) is 0 Å². The third-order valence-corrected chi connectivity index (χ3v) is 5.07. The summed E-state index contributed by atoms with van der Waals surface area (Å²) < 4.78 is 6.03. The minimum absolute atomic E-state index is 0.106. The van der Waals surface area contributed by atoms with Crippen LogP contribution >= 0.6 is 23.1 Å². The van der Waals surface area contributed by atoms with E-state index in [9.17, 15) is 4.79 Å². The van der Waals surface area contributed by atoms with Crippen LogP contribution in [0.15, 0.2) is 27.4 Å². The highest BCUT2D eigenvalue weighted by atomic mass is 32.2. The van der Waals surface area contributed by atoms with Crippen molar-refractivity contribution in [3.05, 3.63) is 28.8 Å². The summed E-state index contributed by atoms with van der Waals surface area (Å²) in [7, 11) is 1.55. The average molecular weight is 352 g/mol. The van der Waals surface area contributed by atoms with Gasteiger partial charge in [-0.1, -0.05) is 23.1 Å². The molecular formula is C15H20N4O2S2. The second-order valence-electron chi connectivity index (χ2n) is 5.01. The Labute approximate surface area is 143 Å². The smallest absolute Gasteiger partial charge is 0.227 e. The molecule has 0 bridgehead atoms. The predicted octanol–water partition coefficient (Wildman–Crippen LogP) is 2.61. The van der Waals surface area contributed by atoms with Crippen molar-refractivity contribution in [2.45, 2.75) is 35.6 Å². The molecule has 0 aliphatic rings. The molecule has 3 N–H and O–H groups in total. The minimum Gasteiger partial charge on any atom is -0.380 e. The maximum atomic E-state index is 12.0. The van der Waals surface area contributed by atoms with E-state index in [1.807, 2.05) is 32.0 Å². The number of benzene rings is 1. The molecule has 124 valence electrons. The van der Waals surface area contributed by atoms with Crippen molar-refractivity contribution in [2.75, 3.05) is 19.0 Å². The topological polar surface area (TPSA) is 90.1 Å². The fourth-order valence-electron chi connectivity index (χ4n) is 1.93. The molecule has 0 saturated heterocycles. The van der Waals surface area contributed by atoms with E-state index in [0.29, 0.717) is 6.54 Å². The molecule has 2 aromatic rings. The molecule has 23 heavy (non-hydrogen) atoms. The number of methoxy groups -OCH3 is 1. The number of aryl methyl sites for hydroxylation is 2. The summed E-state index contributed by atoms with van der Waals surface area (Å²) in [6.45, 7) is 4.21. The molecule has 1 amide bonds. The first-order valence-electron chi connectivity index (χ1n) is 7.13. The molecule has 2 rings (SSSR count). The van der Waals surface area contributed by atoms with Crippen LogP contribution in [0, 0.1) is 13.8 Å².